The minimum Gasteiger partial charge on any atom is -0.377 e. The fraction of sp³-hybridized carbons (Fsp3) is 0.231. The second kappa shape index (κ2) is 6.58. The molecule has 1 aromatic carbocycles. The van der Waals surface area contributed by atoms with E-state index < -0.39 is 0 Å². The largest absolute Gasteiger partial charge is 0.377 e. The first-order valence-electron chi connectivity index (χ1n) is 5.82. The number of benzene rings is 1. The van der Waals surface area contributed by atoms with Gasteiger partial charge in [-0.3, -0.25) is 9.78 Å². The van der Waals surface area contributed by atoms with Gasteiger partial charge in [0.25, 0.3) is 0 Å². The molecule has 2 rings (SSSR count). The van der Waals surface area contributed by atoms with Crippen LogP contribution in [0.3, 0.4) is 0 Å². The Kier molecular flexibility index (Phi) is 4.81. The summed E-state index contributed by atoms with van der Waals surface area (Å²) in [6.45, 7) is 2.09. The number of nitrogens with zero attached hydrogens (tertiary/aromatic N) is 1. The number of thiazole rings is 1. The van der Waals surface area contributed by atoms with Crippen LogP contribution in [0, 0.1) is 0 Å². The summed E-state index contributed by atoms with van der Waals surface area (Å²) < 4.78 is 0. The number of carbonyl (C=O) groups excluding carboxylic acids is 1. The number of anilines is 1. The standard InChI is InChI=1S/C13H15N3OS2/c1-9(12-6-15-8-19-12)16-10-4-2-3-5-11(10)18-7-13(14)17/h2-6,8-9,16H,7H2,1H3,(H2,14,17). The molecule has 2 aromatic rings. The molecule has 0 spiro atoms. The first kappa shape index (κ1) is 13.9. The minimum absolute atomic E-state index is 0.183. The molecular weight excluding hydrogens is 278 g/mol. The van der Waals surface area contributed by atoms with E-state index in [0.29, 0.717) is 0 Å². The van der Waals surface area contributed by atoms with Gasteiger partial charge in [0, 0.05) is 21.7 Å². The number of carbonyl (C=O) groups is 1. The highest BCUT2D eigenvalue weighted by molar-refractivity contribution is 8.00. The summed E-state index contributed by atoms with van der Waals surface area (Å²) in [6, 6.07) is 8.08. The van der Waals surface area contributed by atoms with Crippen LogP contribution in [0.25, 0.3) is 0 Å². The van der Waals surface area contributed by atoms with Crippen molar-refractivity contribution in [3.63, 3.8) is 0 Å². The van der Waals surface area contributed by atoms with Gasteiger partial charge in [-0.15, -0.1) is 23.1 Å². The van der Waals surface area contributed by atoms with E-state index in [1.807, 2.05) is 36.0 Å². The molecule has 0 saturated heterocycles. The van der Waals surface area contributed by atoms with Crippen LogP contribution in [-0.2, 0) is 4.79 Å². The number of thioether (sulfide) groups is 1. The van der Waals surface area contributed by atoms with Crippen molar-refractivity contribution in [3.8, 4) is 0 Å². The van der Waals surface area contributed by atoms with Gasteiger partial charge < -0.3 is 11.1 Å². The number of amides is 1. The van der Waals surface area contributed by atoms with Crippen LogP contribution in [0.4, 0.5) is 5.69 Å². The summed E-state index contributed by atoms with van der Waals surface area (Å²) >= 11 is 3.06. The topological polar surface area (TPSA) is 68.0 Å². The Morgan fingerprint density at radius 1 is 1.53 bits per heavy atom. The van der Waals surface area contributed by atoms with Crippen LogP contribution >= 0.6 is 23.1 Å². The SMILES string of the molecule is CC(Nc1ccccc1SCC(N)=O)c1cncs1. The molecule has 0 aliphatic heterocycles. The van der Waals surface area contributed by atoms with Crippen molar-refractivity contribution >= 4 is 34.7 Å². The molecule has 1 heterocycles. The van der Waals surface area contributed by atoms with Crippen LogP contribution in [0.1, 0.15) is 17.8 Å². The second-order valence-electron chi connectivity index (χ2n) is 4.02. The molecule has 6 heteroatoms. The fourth-order valence-electron chi connectivity index (χ4n) is 1.60. The third kappa shape index (κ3) is 3.97. The third-order valence-electron chi connectivity index (χ3n) is 2.51. The van der Waals surface area contributed by atoms with Crippen molar-refractivity contribution in [2.45, 2.75) is 17.9 Å². The molecule has 1 aromatic heterocycles. The zero-order chi connectivity index (χ0) is 13.7. The van der Waals surface area contributed by atoms with E-state index >= 15 is 0 Å². The lowest BCUT2D eigenvalue weighted by atomic mass is 10.2. The maximum atomic E-state index is 10.9. The molecule has 0 saturated carbocycles. The molecule has 1 amide bonds. The molecule has 0 fully saturated rings. The minimum atomic E-state index is -0.310. The lowest BCUT2D eigenvalue weighted by Gasteiger charge is -2.16. The summed E-state index contributed by atoms with van der Waals surface area (Å²) in [5.74, 6) is -0.0246. The quantitative estimate of drug-likeness (QED) is 0.804. The molecule has 1 atom stereocenters. The maximum absolute atomic E-state index is 10.9. The Hall–Kier alpha value is -1.53. The molecule has 1 unspecified atom stereocenters. The molecule has 0 aliphatic carbocycles. The van der Waals surface area contributed by atoms with E-state index in [2.05, 4.69) is 17.2 Å². The van der Waals surface area contributed by atoms with Crippen molar-refractivity contribution in [3.05, 3.63) is 40.8 Å². The van der Waals surface area contributed by atoms with Crippen LogP contribution in [-0.4, -0.2) is 16.6 Å². The fourth-order valence-corrected chi connectivity index (χ4v) is 2.99. The summed E-state index contributed by atoms with van der Waals surface area (Å²) in [4.78, 5) is 17.1. The molecule has 19 heavy (non-hydrogen) atoms. The number of primary amides is 1. The molecular formula is C13H15N3OS2. The average Bonchev–Trinajstić information content (AvgIpc) is 2.91. The van der Waals surface area contributed by atoms with Crippen molar-refractivity contribution < 1.29 is 4.79 Å². The van der Waals surface area contributed by atoms with Crippen molar-refractivity contribution in [1.82, 2.24) is 4.98 Å². The summed E-state index contributed by atoms with van der Waals surface area (Å²) in [6.07, 6.45) is 1.86. The monoisotopic (exact) mass is 293 g/mol. The predicted molar refractivity (Wildman–Crippen MR) is 80.5 cm³/mol. The van der Waals surface area contributed by atoms with E-state index in [4.69, 9.17) is 5.73 Å². The Labute approximate surface area is 120 Å². The van der Waals surface area contributed by atoms with E-state index in [1.54, 1.807) is 11.3 Å². The van der Waals surface area contributed by atoms with E-state index in [-0.39, 0.29) is 17.7 Å². The van der Waals surface area contributed by atoms with E-state index in [9.17, 15) is 4.79 Å². The lowest BCUT2D eigenvalue weighted by Crippen LogP contribution is -2.13. The Morgan fingerprint density at radius 2 is 2.32 bits per heavy atom. The smallest absolute Gasteiger partial charge is 0.227 e. The van der Waals surface area contributed by atoms with E-state index in [1.165, 1.54) is 16.6 Å². The van der Waals surface area contributed by atoms with Gasteiger partial charge >= 0.3 is 0 Å². The molecule has 0 aliphatic rings. The molecule has 3 N–H and O–H groups in total. The van der Waals surface area contributed by atoms with Crippen molar-refractivity contribution in [1.29, 1.82) is 0 Å². The number of nitrogens with one attached hydrogen (secondary N) is 1. The molecule has 0 bridgehead atoms. The van der Waals surface area contributed by atoms with Gasteiger partial charge in [-0.2, -0.15) is 0 Å². The maximum Gasteiger partial charge on any atom is 0.227 e. The van der Waals surface area contributed by atoms with E-state index in [0.717, 1.165) is 10.6 Å². The van der Waals surface area contributed by atoms with Gasteiger partial charge in [0.1, 0.15) is 0 Å². The highest BCUT2D eigenvalue weighted by atomic mass is 32.2. The van der Waals surface area contributed by atoms with Gasteiger partial charge in [-0.1, -0.05) is 12.1 Å². The first-order valence-corrected chi connectivity index (χ1v) is 7.68. The third-order valence-corrected chi connectivity index (χ3v) is 4.56. The average molecular weight is 293 g/mol. The van der Waals surface area contributed by atoms with Gasteiger partial charge in [-0.05, 0) is 19.1 Å². The second-order valence-corrected chi connectivity index (χ2v) is 5.96. The molecule has 100 valence electrons. The molecule has 0 radical (unpaired) electrons. The Bertz CT molecular complexity index is 543. The van der Waals surface area contributed by atoms with Crippen LogP contribution in [0.15, 0.2) is 40.9 Å². The van der Waals surface area contributed by atoms with Crippen molar-refractivity contribution in [2.75, 3.05) is 11.1 Å². The van der Waals surface area contributed by atoms with Gasteiger partial charge in [0.05, 0.1) is 17.3 Å². The molecule has 4 nitrogen and oxygen atoms in total. The zero-order valence-electron chi connectivity index (χ0n) is 10.5. The highest BCUT2D eigenvalue weighted by Gasteiger charge is 2.10. The van der Waals surface area contributed by atoms with Crippen LogP contribution < -0.4 is 11.1 Å². The summed E-state index contributed by atoms with van der Waals surface area (Å²) in [5, 5.41) is 3.43. The van der Waals surface area contributed by atoms with Crippen molar-refractivity contribution in [2.24, 2.45) is 5.73 Å². The van der Waals surface area contributed by atoms with Crippen LogP contribution in [0.2, 0.25) is 0 Å². The Morgan fingerprint density at radius 3 is 3.00 bits per heavy atom. The lowest BCUT2D eigenvalue weighted by molar-refractivity contribution is -0.115. The number of hydrogen-bond acceptors (Lipinski definition) is 5. The first-order chi connectivity index (χ1) is 9.16. The highest BCUT2D eigenvalue weighted by Crippen LogP contribution is 2.30. The number of rotatable bonds is 6. The number of aromatic nitrogens is 1. The summed E-state index contributed by atoms with van der Waals surface area (Å²) in [7, 11) is 0. The van der Waals surface area contributed by atoms with Crippen LogP contribution in [0.5, 0.6) is 0 Å². The number of nitrogens with two attached hydrogens (primary N) is 1. The Balaban J connectivity index is 2.09. The van der Waals surface area contributed by atoms with Gasteiger partial charge in [0.15, 0.2) is 0 Å². The number of para-hydroxylation sites is 1. The zero-order valence-corrected chi connectivity index (χ0v) is 12.1. The van der Waals surface area contributed by atoms with Gasteiger partial charge in [0.2, 0.25) is 5.91 Å². The predicted octanol–water partition coefficient (Wildman–Crippen LogP) is 2.89. The summed E-state index contributed by atoms with van der Waals surface area (Å²) in [5.41, 5.74) is 8.01. The number of hydrogen-bond donors (Lipinski definition) is 2. The van der Waals surface area contributed by atoms with Gasteiger partial charge in [-0.25, -0.2) is 0 Å². The normalized spacial score (nSPS) is 12.1.